The predicted octanol–water partition coefficient (Wildman–Crippen LogP) is 1.40. The maximum atomic E-state index is 11.1. The fraction of sp³-hybridized carbons (Fsp3) is 0.409. The Hall–Kier alpha value is -3.57. The van der Waals surface area contributed by atoms with Gasteiger partial charge in [-0.1, -0.05) is 5.16 Å². The number of hydrogen-bond acceptors (Lipinski definition) is 10. The van der Waals surface area contributed by atoms with Crippen LogP contribution in [0.15, 0.2) is 22.7 Å². The van der Waals surface area contributed by atoms with E-state index in [1.54, 1.807) is 6.07 Å². The first-order chi connectivity index (χ1) is 15.8. The number of carbonyl (C=O) groups is 1. The first-order valence-electron chi connectivity index (χ1n) is 10.5. The second kappa shape index (κ2) is 10.8. The lowest BCUT2D eigenvalue weighted by atomic mass is 10.1. The molecule has 0 saturated carbocycles. The average molecular weight is 457 g/mol. The Morgan fingerprint density at radius 1 is 1.15 bits per heavy atom. The molecule has 1 amide bonds. The summed E-state index contributed by atoms with van der Waals surface area (Å²) in [4.78, 5) is 24.3. The lowest BCUT2D eigenvalue weighted by molar-refractivity contribution is -0.124. The van der Waals surface area contributed by atoms with E-state index in [9.17, 15) is 9.90 Å². The van der Waals surface area contributed by atoms with Gasteiger partial charge in [-0.15, -0.1) is 0 Å². The summed E-state index contributed by atoms with van der Waals surface area (Å²) in [5.74, 6) is 1.27. The summed E-state index contributed by atoms with van der Waals surface area (Å²) in [6.07, 6.45) is -0.915. The maximum absolute atomic E-state index is 11.1. The average Bonchev–Trinajstić information content (AvgIpc) is 3.27. The van der Waals surface area contributed by atoms with Gasteiger partial charge in [-0.25, -0.2) is 9.97 Å². The SMILES string of the molecule is CCNc1nc(C)cc(-c2nc(-c3cc(C)c(OCC(O)CNC(=O)CO)c(C)c3)no2)n1. The van der Waals surface area contributed by atoms with Crippen molar-refractivity contribution >= 4 is 11.9 Å². The van der Waals surface area contributed by atoms with Crippen LogP contribution in [0.4, 0.5) is 5.95 Å². The molecule has 4 N–H and O–H groups in total. The van der Waals surface area contributed by atoms with E-state index in [1.807, 2.05) is 39.8 Å². The molecule has 0 radical (unpaired) electrons. The summed E-state index contributed by atoms with van der Waals surface area (Å²) in [6, 6.07) is 5.51. The molecule has 33 heavy (non-hydrogen) atoms. The molecular formula is C22H28N6O5. The van der Waals surface area contributed by atoms with Crippen molar-refractivity contribution in [1.82, 2.24) is 25.4 Å². The van der Waals surface area contributed by atoms with E-state index in [0.717, 1.165) is 22.4 Å². The van der Waals surface area contributed by atoms with Gasteiger partial charge in [-0.2, -0.15) is 4.98 Å². The largest absolute Gasteiger partial charge is 0.490 e. The van der Waals surface area contributed by atoms with Crippen LogP contribution in [0, 0.1) is 20.8 Å². The molecule has 2 heterocycles. The van der Waals surface area contributed by atoms with E-state index >= 15 is 0 Å². The monoisotopic (exact) mass is 456 g/mol. The number of nitrogens with one attached hydrogen (secondary N) is 2. The van der Waals surface area contributed by atoms with Gasteiger partial charge in [-0.3, -0.25) is 4.79 Å². The fourth-order valence-corrected chi connectivity index (χ4v) is 3.19. The highest BCUT2D eigenvalue weighted by Crippen LogP contribution is 2.30. The molecule has 1 aromatic carbocycles. The molecule has 3 aromatic rings. The zero-order chi connectivity index (χ0) is 24.0. The second-order valence-electron chi connectivity index (χ2n) is 7.54. The Bertz CT molecular complexity index is 1090. The lowest BCUT2D eigenvalue weighted by Gasteiger charge is -2.16. The van der Waals surface area contributed by atoms with Gasteiger partial charge < -0.3 is 30.1 Å². The molecule has 1 unspecified atom stereocenters. The molecule has 1 atom stereocenters. The topological polar surface area (TPSA) is 156 Å². The quantitative estimate of drug-likeness (QED) is 0.352. The van der Waals surface area contributed by atoms with Crippen molar-refractivity contribution in [3.63, 3.8) is 0 Å². The Labute approximate surface area is 191 Å². The molecular weight excluding hydrogens is 428 g/mol. The minimum Gasteiger partial charge on any atom is -0.490 e. The molecule has 0 fully saturated rings. The highest BCUT2D eigenvalue weighted by Gasteiger charge is 2.17. The van der Waals surface area contributed by atoms with E-state index < -0.39 is 18.6 Å². The van der Waals surface area contributed by atoms with E-state index in [0.29, 0.717) is 35.7 Å². The molecule has 0 aliphatic rings. The Balaban J connectivity index is 1.74. The van der Waals surface area contributed by atoms with Crippen LogP contribution in [-0.2, 0) is 4.79 Å². The van der Waals surface area contributed by atoms with Crippen molar-refractivity contribution in [2.75, 3.05) is 31.6 Å². The van der Waals surface area contributed by atoms with Crippen molar-refractivity contribution in [3.8, 4) is 28.7 Å². The van der Waals surface area contributed by atoms with E-state index in [1.165, 1.54) is 0 Å². The highest BCUT2D eigenvalue weighted by molar-refractivity contribution is 5.76. The predicted molar refractivity (Wildman–Crippen MR) is 121 cm³/mol. The molecule has 11 nitrogen and oxygen atoms in total. The van der Waals surface area contributed by atoms with E-state index in [2.05, 4.69) is 30.7 Å². The van der Waals surface area contributed by atoms with Crippen LogP contribution in [0.3, 0.4) is 0 Å². The standard InChI is InChI=1S/C22H28N6O5/c1-5-23-22-25-14(4)8-17(26-22)21-27-20(28-33-21)15-6-12(2)19(13(3)7-15)32-11-16(30)9-24-18(31)10-29/h6-8,16,29-30H,5,9-11H2,1-4H3,(H,24,31)(H,23,25,26). The molecule has 0 aliphatic heterocycles. The van der Waals surface area contributed by atoms with Gasteiger partial charge in [0.25, 0.3) is 5.89 Å². The number of hydrogen-bond donors (Lipinski definition) is 4. The molecule has 0 spiro atoms. The molecule has 176 valence electrons. The minimum atomic E-state index is -0.915. The summed E-state index contributed by atoms with van der Waals surface area (Å²) < 4.78 is 11.2. The molecule has 0 aliphatic carbocycles. The Morgan fingerprint density at radius 2 is 1.88 bits per heavy atom. The van der Waals surface area contributed by atoms with Crippen LogP contribution in [0.25, 0.3) is 23.0 Å². The lowest BCUT2D eigenvalue weighted by Crippen LogP contribution is -2.36. The number of carbonyl (C=O) groups excluding carboxylic acids is 1. The Kier molecular flexibility index (Phi) is 7.91. The number of anilines is 1. The van der Waals surface area contributed by atoms with Gasteiger partial charge in [0.1, 0.15) is 30.8 Å². The highest BCUT2D eigenvalue weighted by atomic mass is 16.5. The van der Waals surface area contributed by atoms with Crippen molar-refractivity contribution in [3.05, 3.63) is 35.0 Å². The Morgan fingerprint density at radius 3 is 2.55 bits per heavy atom. The summed E-state index contributed by atoms with van der Waals surface area (Å²) in [7, 11) is 0. The smallest absolute Gasteiger partial charge is 0.277 e. The van der Waals surface area contributed by atoms with Crippen LogP contribution in [-0.4, -0.2) is 68.6 Å². The van der Waals surface area contributed by atoms with Gasteiger partial charge in [0.2, 0.25) is 17.7 Å². The summed E-state index contributed by atoms with van der Waals surface area (Å²) in [5.41, 5.74) is 3.72. The third kappa shape index (κ3) is 6.24. The van der Waals surface area contributed by atoms with Crippen molar-refractivity contribution in [2.45, 2.75) is 33.8 Å². The molecule has 11 heteroatoms. The molecule has 0 saturated heterocycles. The fourth-order valence-electron chi connectivity index (χ4n) is 3.19. The van der Waals surface area contributed by atoms with Crippen LogP contribution < -0.4 is 15.4 Å². The number of nitrogens with zero attached hydrogens (tertiary/aromatic N) is 4. The number of aromatic nitrogens is 4. The summed E-state index contributed by atoms with van der Waals surface area (Å²) in [6.45, 7) is 7.63. The van der Waals surface area contributed by atoms with Crippen molar-refractivity contribution in [1.29, 1.82) is 0 Å². The van der Waals surface area contributed by atoms with Crippen LogP contribution in [0.1, 0.15) is 23.7 Å². The van der Waals surface area contributed by atoms with Crippen molar-refractivity contribution < 1.29 is 24.3 Å². The zero-order valence-electron chi connectivity index (χ0n) is 19.0. The number of ether oxygens (including phenoxy) is 1. The molecule has 3 rings (SSSR count). The van der Waals surface area contributed by atoms with Gasteiger partial charge in [0.15, 0.2) is 0 Å². The van der Waals surface area contributed by atoms with Crippen LogP contribution in [0.5, 0.6) is 5.75 Å². The van der Waals surface area contributed by atoms with Crippen molar-refractivity contribution in [2.24, 2.45) is 0 Å². The zero-order valence-corrected chi connectivity index (χ0v) is 19.0. The van der Waals surface area contributed by atoms with E-state index in [4.69, 9.17) is 14.4 Å². The van der Waals surface area contributed by atoms with Gasteiger partial charge in [0.05, 0.1) is 0 Å². The molecule has 0 bridgehead atoms. The van der Waals surface area contributed by atoms with Gasteiger partial charge >= 0.3 is 0 Å². The number of aliphatic hydroxyl groups is 2. The minimum absolute atomic E-state index is 0.0136. The number of rotatable bonds is 10. The summed E-state index contributed by atoms with van der Waals surface area (Å²) in [5, 5.41) is 28.3. The number of amides is 1. The maximum Gasteiger partial charge on any atom is 0.277 e. The number of benzene rings is 1. The summed E-state index contributed by atoms with van der Waals surface area (Å²) >= 11 is 0. The number of aryl methyl sites for hydroxylation is 3. The van der Waals surface area contributed by atoms with E-state index in [-0.39, 0.29) is 13.2 Å². The normalized spacial score (nSPS) is 11.8. The van der Waals surface area contributed by atoms with Gasteiger partial charge in [0, 0.05) is 24.3 Å². The third-order valence-electron chi connectivity index (χ3n) is 4.65. The first kappa shape index (κ1) is 24.1. The number of aliphatic hydroxyl groups excluding tert-OH is 2. The van der Waals surface area contributed by atoms with Crippen LogP contribution >= 0.6 is 0 Å². The molecule has 2 aromatic heterocycles. The second-order valence-corrected chi connectivity index (χ2v) is 7.54. The first-order valence-corrected chi connectivity index (χ1v) is 10.5. The third-order valence-corrected chi connectivity index (χ3v) is 4.65. The van der Waals surface area contributed by atoms with Crippen LogP contribution in [0.2, 0.25) is 0 Å². The van der Waals surface area contributed by atoms with Gasteiger partial charge in [-0.05, 0) is 57.0 Å².